The van der Waals surface area contributed by atoms with Gasteiger partial charge in [-0.3, -0.25) is 20.2 Å². The van der Waals surface area contributed by atoms with Gasteiger partial charge in [-0.25, -0.2) is 13.8 Å². The summed E-state index contributed by atoms with van der Waals surface area (Å²) in [5.74, 6) is 11.8. The van der Waals surface area contributed by atoms with E-state index in [1.165, 1.54) is 25.6 Å². The predicted molar refractivity (Wildman–Crippen MR) is 147 cm³/mol. The van der Waals surface area contributed by atoms with Crippen molar-refractivity contribution in [3.8, 4) is 40.6 Å². The zero-order valence-corrected chi connectivity index (χ0v) is 22.8. The van der Waals surface area contributed by atoms with Crippen molar-refractivity contribution in [1.82, 2.24) is 30.4 Å². The number of carbonyl (C=O) groups is 1. The maximum atomic E-state index is 13.6. The van der Waals surface area contributed by atoms with E-state index in [0.717, 1.165) is 29.9 Å². The predicted octanol–water partition coefficient (Wildman–Crippen LogP) is 4.40. The number of carbonyl (C=O) groups excluding carboxylic acids is 1. The molecule has 4 aromatic heterocycles. The van der Waals surface area contributed by atoms with Crippen molar-refractivity contribution in [2.75, 3.05) is 25.6 Å². The topological polar surface area (TPSA) is 128 Å². The number of amides is 1. The van der Waals surface area contributed by atoms with E-state index in [2.05, 4.69) is 59.4 Å². The smallest absolute Gasteiger partial charge is 0.280 e. The van der Waals surface area contributed by atoms with Crippen molar-refractivity contribution in [2.24, 2.45) is 5.92 Å². The van der Waals surface area contributed by atoms with Crippen molar-refractivity contribution >= 4 is 22.4 Å². The standard InChI is InChI=1S/C28H23F2N7O3S/c1-16-11-19(35-34-16)5-6-25-36-37-28(41-25)33-27(38)22-14-31-18(4-3-17-7-9-40-10-8-17)12-20(22)21-13-23(26(29)30)32-15-24(21)39-2/h11-15,17,26H,7-10H2,1-2H3,(H,34,35)(H,33,37,38). The van der Waals surface area contributed by atoms with Crippen molar-refractivity contribution in [1.29, 1.82) is 0 Å². The quantitative estimate of drug-likeness (QED) is 0.335. The molecule has 1 amide bonds. The molecule has 1 aliphatic rings. The minimum Gasteiger partial charge on any atom is -0.494 e. The second-order valence-electron chi connectivity index (χ2n) is 8.93. The summed E-state index contributed by atoms with van der Waals surface area (Å²) in [5, 5.41) is 18.1. The van der Waals surface area contributed by atoms with E-state index in [9.17, 15) is 13.6 Å². The van der Waals surface area contributed by atoms with Gasteiger partial charge in [0.2, 0.25) is 5.13 Å². The van der Waals surface area contributed by atoms with Gasteiger partial charge in [0.1, 0.15) is 22.8 Å². The summed E-state index contributed by atoms with van der Waals surface area (Å²) >= 11 is 1.07. The van der Waals surface area contributed by atoms with Crippen molar-refractivity contribution in [3.05, 3.63) is 63.9 Å². The third-order valence-electron chi connectivity index (χ3n) is 6.05. The fraction of sp³-hybridized carbons (Fsp3) is 0.286. The fourth-order valence-electron chi connectivity index (χ4n) is 3.99. The van der Waals surface area contributed by atoms with Gasteiger partial charge in [0, 0.05) is 42.1 Å². The lowest BCUT2D eigenvalue weighted by Crippen LogP contribution is -2.14. The number of hydrogen-bond acceptors (Lipinski definition) is 9. The molecule has 1 aliphatic heterocycles. The molecule has 5 heterocycles. The second-order valence-corrected chi connectivity index (χ2v) is 9.91. The molecular formula is C28H23F2N7O3S. The molecule has 0 bridgehead atoms. The molecule has 0 aromatic carbocycles. The van der Waals surface area contributed by atoms with Crippen LogP contribution in [0.5, 0.6) is 5.75 Å². The van der Waals surface area contributed by atoms with Crippen LogP contribution in [-0.2, 0) is 4.74 Å². The molecule has 2 N–H and O–H groups in total. The first-order valence-corrected chi connectivity index (χ1v) is 13.3. The minimum atomic E-state index is -2.82. The fourth-order valence-corrected chi connectivity index (χ4v) is 4.58. The molecule has 41 heavy (non-hydrogen) atoms. The number of aromatic nitrogens is 6. The van der Waals surface area contributed by atoms with E-state index >= 15 is 0 Å². The van der Waals surface area contributed by atoms with Gasteiger partial charge < -0.3 is 9.47 Å². The van der Waals surface area contributed by atoms with Gasteiger partial charge in [0.25, 0.3) is 12.3 Å². The molecule has 4 aromatic rings. The Balaban J connectivity index is 1.47. The molecule has 0 saturated carbocycles. The van der Waals surface area contributed by atoms with Crippen LogP contribution in [0.2, 0.25) is 0 Å². The van der Waals surface area contributed by atoms with Crippen LogP contribution in [0.25, 0.3) is 11.1 Å². The summed E-state index contributed by atoms with van der Waals surface area (Å²) < 4.78 is 37.9. The number of aryl methyl sites for hydroxylation is 1. The van der Waals surface area contributed by atoms with Crippen LogP contribution in [0.3, 0.4) is 0 Å². The molecular weight excluding hydrogens is 552 g/mol. The number of H-pyrrole nitrogens is 1. The first-order valence-electron chi connectivity index (χ1n) is 12.5. The number of nitrogens with zero attached hydrogens (tertiary/aromatic N) is 5. The molecule has 13 heteroatoms. The number of halogens is 2. The maximum Gasteiger partial charge on any atom is 0.280 e. The van der Waals surface area contributed by atoms with Gasteiger partial charge in [0.05, 0.1) is 18.9 Å². The Hall–Kier alpha value is -4.72. The molecule has 0 unspecified atom stereocenters. The monoisotopic (exact) mass is 575 g/mol. The van der Waals surface area contributed by atoms with Gasteiger partial charge in [-0.05, 0) is 55.7 Å². The molecule has 10 nitrogen and oxygen atoms in total. The second kappa shape index (κ2) is 12.6. The molecule has 0 spiro atoms. The molecule has 0 atom stereocenters. The number of rotatable bonds is 5. The number of alkyl halides is 2. The molecule has 208 valence electrons. The average Bonchev–Trinajstić information content (AvgIpc) is 3.63. The minimum absolute atomic E-state index is 0.0983. The average molecular weight is 576 g/mol. The van der Waals surface area contributed by atoms with E-state index in [1.54, 1.807) is 12.1 Å². The Morgan fingerprint density at radius 2 is 1.93 bits per heavy atom. The molecule has 1 saturated heterocycles. The summed E-state index contributed by atoms with van der Waals surface area (Å²) in [5.41, 5.74) is 1.98. The molecule has 0 radical (unpaired) electrons. The number of ether oxygens (including phenoxy) is 2. The van der Waals surface area contributed by atoms with E-state index in [4.69, 9.17) is 9.47 Å². The van der Waals surface area contributed by atoms with Crippen LogP contribution < -0.4 is 10.1 Å². The van der Waals surface area contributed by atoms with E-state index in [0.29, 0.717) is 35.2 Å². The molecule has 1 fully saturated rings. The summed E-state index contributed by atoms with van der Waals surface area (Å²) in [7, 11) is 1.39. The summed E-state index contributed by atoms with van der Waals surface area (Å²) in [6, 6.07) is 4.56. The van der Waals surface area contributed by atoms with Crippen molar-refractivity contribution in [2.45, 2.75) is 26.2 Å². The lowest BCUT2D eigenvalue weighted by atomic mass is 9.98. The first kappa shape index (κ1) is 27.8. The van der Waals surface area contributed by atoms with Crippen LogP contribution in [0.15, 0.2) is 30.6 Å². The van der Waals surface area contributed by atoms with Crippen LogP contribution in [-0.4, -0.2) is 56.6 Å². The Morgan fingerprint density at radius 1 is 1.10 bits per heavy atom. The highest BCUT2D eigenvalue weighted by molar-refractivity contribution is 7.15. The van der Waals surface area contributed by atoms with Crippen LogP contribution >= 0.6 is 11.3 Å². The SMILES string of the molecule is COc1cnc(C(F)F)cc1-c1cc(C#CC2CCOCC2)ncc1C(=O)Nc1nnc(C#Cc2cc(C)[nH]n2)s1. The number of hydrogen-bond donors (Lipinski definition) is 2. The van der Waals surface area contributed by atoms with Crippen LogP contribution in [0, 0.1) is 36.5 Å². The highest BCUT2D eigenvalue weighted by Crippen LogP contribution is 2.35. The molecule has 5 rings (SSSR count). The highest BCUT2D eigenvalue weighted by atomic mass is 32.1. The maximum absolute atomic E-state index is 13.6. The van der Waals surface area contributed by atoms with Gasteiger partial charge in [-0.2, -0.15) is 5.10 Å². The number of nitrogens with one attached hydrogen (secondary N) is 2. The van der Waals surface area contributed by atoms with Gasteiger partial charge in [-0.1, -0.05) is 17.3 Å². The third kappa shape index (κ3) is 6.90. The number of pyridine rings is 2. The largest absolute Gasteiger partial charge is 0.494 e. The Bertz CT molecular complexity index is 1690. The van der Waals surface area contributed by atoms with E-state index in [1.807, 2.05) is 6.92 Å². The van der Waals surface area contributed by atoms with E-state index in [-0.39, 0.29) is 27.9 Å². The number of anilines is 1. The Kier molecular flexibility index (Phi) is 8.58. The van der Waals surface area contributed by atoms with Crippen molar-refractivity contribution < 1.29 is 23.0 Å². The highest BCUT2D eigenvalue weighted by Gasteiger charge is 2.21. The van der Waals surface area contributed by atoms with E-state index < -0.39 is 18.0 Å². The van der Waals surface area contributed by atoms with Gasteiger partial charge >= 0.3 is 0 Å². The summed E-state index contributed by atoms with van der Waals surface area (Å²) in [6.07, 6.45) is 1.35. The normalized spacial score (nSPS) is 13.2. The van der Waals surface area contributed by atoms with Gasteiger partial charge in [0.15, 0.2) is 5.01 Å². The lowest BCUT2D eigenvalue weighted by Gasteiger charge is -2.16. The molecule has 0 aliphatic carbocycles. The number of aromatic amines is 1. The zero-order valence-electron chi connectivity index (χ0n) is 22.0. The first-order chi connectivity index (χ1) is 19.9. The summed E-state index contributed by atoms with van der Waals surface area (Å²) in [6.45, 7) is 3.15. The lowest BCUT2D eigenvalue weighted by molar-refractivity contribution is 0.0807. The van der Waals surface area contributed by atoms with Gasteiger partial charge in [-0.15, -0.1) is 10.2 Å². The van der Waals surface area contributed by atoms with Crippen molar-refractivity contribution in [3.63, 3.8) is 0 Å². The Labute approximate surface area is 237 Å². The van der Waals surface area contributed by atoms with Crippen LogP contribution in [0.1, 0.15) is 57.4 Å². The van der Waals surface area contributed by atoms with Crippen LogP contribution in [0.4, 0.5) is 13.9 Å². The third-order valence-corrected chi connectivity index (χ3v) is 6.80. The Morgan fingerprint density at radius 3 is 2.66 bits per heavy atom. The number of methoxy groups -OCH3 is 1. The summed E-state index contributed by atoms with van der Waals surface area (Å²) in [4.78, 5) is 21.6. The zero-order chi connectivity index (χ0) is 28.8.